The zero-order chi connectivity index (χ0) is 25.6. The van der Waals surface area contributed by atoms with Crippen molar-refractivity contribution in [3.63, 3.8) is 0 Å². The van der Waals surface area contributed by atoms with Gasteiger partial charge in [0.25, 0.3) is 0 Å². The van der Waals surface area contributed by atoms with Crippen molar-refractivity contribution in [2.45, 2.75) is 78.4 Å². The van der Waals surface area contributed by atoms with Gasteiger partial charge < -0.3 is 15.0 Å². The number of nitrogens with one attached hydrogen (secondary N) is 1. The van der Waals surface area contributed by atoms with Crippen molar-refractivity contribution in [3.05, 3.63) is 59.4 Å². The van der Waals surface area contributed by atoms with E-state index in [9.17, 15) is 14.0 Å². The van der Waals surface area contributed by atoms with Crippen LogP contribution in [0.25, 0.3) is 11.1 Å². The van der Waals surface area contributed by atoms with Crippen molar-refractivity contribution in [2.75, 3.05) is 13.1 Å². The lowest BCUT2D eigenvalue weighted by Gasteiger charge is -2.34. The zero-order valence-corrected chi connectivity index (χ0v) is 21.7. The van der Waals surface area contributed by atoms with E-state index in [4.69, 9.17) is 4.74 Å². The molecule has 1 unspecified atom stereocenters. The van der Waals surface area contributed by atoms with E-state index in [1.165, 1.54) is 13.0 Å². The standard InChI is InChI=1S/C29H39FN2O3/c1-20-9-6-12-23(17-20)25-18-24(14-15-26(25)30)27(31-21(2)33)13-7-10-22-11-8-16-32(19-22)28(34)35-29(3,4)5/h6,9,12,14-15,17-18,22,27H,7-8,10-11,13,16,19H2,1-5H3,(H,31,33)/t22?,27-/m1/s1. The van der Waals surface area contributed by atoms with E-state index < -0.39 is 5.60 Å². The Bertz CT molecular complexity index is 1030. The Morgan fingerprint density at radius 1 is 1.20 bits per heavy atom. The van der Waals surface area contributed by atoms with Crippen molar-refractivity contribution >= 4 is 12.0 Å². The number of aryl methyl sites for hydroxylation is 1. The molecule has 0 spiro atoms. The first-order valence-corrected chi connectivity index (χ1v) is 12.6. The molecule has 1 fully saturated rings. The number of carbonyl (C=O) groups is 2. The molecule has 2 atom stereocenters. The first-order chi connectivity index (χ1) is 16.5. The molecule has 1 saturated heterocycles. The van der Waals surface area contributed by atoms with Crippen molar-refractivity contribution in [2.24, 2.45) is 5.92 Å². The molecule has 3 rings (SSSR count). The molecule has 190 valence electrons. The molecule has 2 aromatic carbocycles. The number of hydrogen-bond acceptors (Lipinski definition) is 3. The third-order valence-corrected chi connectivity index (χ3v) is 6.38. The Labute approximate surface area is 209 Å². The van der Waals surface area contributed by atoms with Crippen LogP contribution in [0.3, 0.4) is 0 Å². The molecule has 0 saturated carbocycles. The van der Waals surface area contributed by atoms with Gasteiger partial charge in [-0.2, -0.15) is 0 Å². The summed E-state index contributed by atoms with van der Waals surface area (Å²) in [6.07, 6.45) is 4.42. The second kappa shape index (κ2) is 11.7. The fraction of sp³-hybridized carbons (Fsp3) is 0.517. The van der Waals surface area contributed by atoms with Crippen LogP contribution in [-0.4, -0.2) is 35.6 Å². The van der Waals surface area contributed by atoms with Gasteiger partial charge in [0.15, 0.2) is 0 Å². The van der Waals surface area contributed by atoms with Crippen LogP contribution in [0.4, 0.5) is 9.18 Å². The van der Waals surface area contributed by atoms with Gasteiger partial charge in [0, 0.05) is 25.6 Å². The molecule has 1 N–H and O–H groups in total. The molecule has 5 nitrogen and oxygen atoms in total. The highest BCUT2D eigenvalue weighted by Gasteiger charge is 2.27. The minimum Gasteiger partial charge on any atom is -0.444 e. The van der Waals surface area contributed by atoms with E-state index in [2.05, 4.69) is 5.32 Å². The monoisotopic (exact) mass is 482 g/mol. The third-order valence-electron chi connectivity index (χ3n) is 6.38. The number of likely N-dealkylation sites (tertiary alicyclic amines) is 1. The highest BCUT2D eigenvalue weighted by Crippen LogP contribution is 2.30. The first-order valence-electron chi connectivity index (χ1n) is 12.6. The van der Waals surface area contributed by atoms with Crippen LogP contribution in [0, 0.1) is 18.7 Å². The summed E-state index contributed by atoms with van der Waals surface area (Å²) in [6, 6.07) is 12.7. The van der Waals surface area contributed by atoms with Crippen molar-refractivity contribution in [1.82, 2.24) is 10.2 Å². The number of halogens is 1. The summed E-state index contributed by atoms with van der Waals surface area (Å²) < 4.78 is 20.2. The molecule has 6 heteroatoms. The van der Waals surface area contributed by atoms with Crippen LogP contribution in [-0.2, 0) is 9.53 Å². The lowest BCUT2D eigenvalue weighted by molar-refractivity contribution is -0.119. The summed E-state index contributed by atoms with van der Waals surface area (Å²) >= 11 is 0. The molecule has 0 radical (unpaired) electrons. The average molecular weight is 483 g/mol. The Hall–Kier alpha value is -2.89. The molecule has 1 heterocycles. The van der Waals surface area contributed by atoms with E-state index in [-0.39, 0.29) is 23.9 Å². The topological polar surface area (TPSA) is 58.6 Å². The average Bonchev–Trinajstić information content (AvgIpc) is 2.77. The Kier molecular flexibility index (Phi) is 8.92. The Morgan fingerprint density at radius 3 is 2.66 bits per heavy atom. The molecule has 1 aliphatic rings. The predicted octanol–water partition coefficient (Wildman–Crippen LogP) is 6.80. The molecule has 2 amide bonds. The number of hydrogen-bond donors (Lipinski definition) is 1. The van der Waals surface area contributed by atoms with E-state index in [1.54, 1.807) is 6.07 Å². The lowest BCUT2D eigenvalue weighted by atomic mass is 9.90. The molecule has 2 aromatic rings. The Balaban J connectivity index is 1.65. The zero-order valence-electron chi connectivity index (χ0n) is 21.7. The van der Waals surface area contributed by atoms with Gasteiger partial charge in [-0.3, -0.25) is 4.79 Å². The van der Waals surface area contributed by atoms with E-state index in [1.807, 2.05) is 62.9 Å². The predicted molar refractivity (Wildman–Crippen MR) is 138 cm³/mol. The fourth-order valence-corrected chi connectivity index (χ4v) is 4.76. The van der Waals surface area contributed by atoms with Gasteiger partial charge in [-0.1, -0.05) is 42.3 Å². The van der Waals surface area contributed by atoms with E-state index in [0.717, 1.165) is 55.3 Å². The summed E-state index contributed by atoms with van der Waals surface area (Å²) in [5, 5.41) is 3.05. The molecule has 0 bridgehead atoms. The van der Waals surface area contributed by atoms with Gasteiger partial charge in [-0.25, -0.2) is 9.18 Å². The van der Waals surface area contributed by atoms with Crippen molar-refractivity contribution < 1.29 is 18.7 Å². The first kappa shape index (κ1) is 26.7. The van der Waals surface area contributed by atoms with Crippen LogP contribution in [0.15, 0.2) is 42.5 Å². The van der Waals surface area contributed by atoms with E-state index >= 15 is 0 Å². The Morgan fingerprint density at radius 2 is 1.97 bits per heavy atom. The van der Waals surface area contributed by atoms with Gasteiger partial charge >= 0.3 is 6.09 Å². The van der Waals surface area contributed by atoms with Gasteiger partial charge in [-0.05, 0) is 82.6 Å². The highest BCUT2D eigenvalue weighted by atomic mass is 19.1. The second-order valence-electron chi connectivity index (χ2n) is 10.7. The number of ether oxygens (including phenoxy) is 1. The van der Waals surface area contributed by atoms with Crippen molar-refractivity contribution in [1.29, 1.82) is 0 Å². The molecular weight excluding hydrogens is 443 g/mol. The molecule has 0 aliphatic carbocycles. The van der Waals surface area contributed by atoms with Gasteiger partial charge in [0.1, 0.15) is 11.4 Å². The summed E-state index contributed by atoms with van der Waals surface area (Å²) in [6.45, 7) is 10.6. The van der Waals surface area contributed by atoms with Crippen molar-refractivity contribution in [3.8, 4) is 11.1 Å². The lowest BCUT2D eigenvalue weighted by Crippen LogP contribution is -2.42. The highest BCUT2D eigenvalue weighted by molar-refractivity contribution is 5.74. The normalized spacial score (nSPS) is 17.1. The number of amides is 2. The smallest absolute Gasteiger partial charge is 0.410 e. The second-order valence-corrected chi connectivity index (χ2v) is 10.7. The minimum absolute atomic E-state index is 0.106. The summed E-state index contributed by atoms with van der Waals surface area (Å²) in [5.74, 6) is 0.0286. The maximum Gasteiger partial charge on any atom is 0.410 e. The van der Waals surface area contributed by atoms with Crippen LogP contribution in [0.5, 0.6) is 0 Å². The van der Waals surface area contributed by atoms with Crippen LogP contribution < -0.4 is 5.32 Å². The maximum atomic E-state index is 14.7. The van der Waals surface area contributed by atoms with Gasteiger partial charge in [0.2, 0.25) is 5.91 Å². The van der Waals surface area contributed by atoms with Crippen LogP contribution in [0.2, 0.25) is 0 Å². The number of piperidine rings is 1. The number of carbonyl (C=O) groups excluding carboxylic acids is 2. The molecular formula is C29H39FN2O3. The third kappa shape index (κ3) is 8.08. The van der Waals surface area contributed by atoms with Gasteiger partial charge in [-0.15, -0.1) is 0 Å². The number of benzene rings is 2. The summed E-state index contributed by atoms with van der Waals surface area (Å²) in [7, 11) is 0. The number of nitrogens with zero attached hydrogens (tertiary/aromatic N) is 1. The number of rotatable bonds is 7. The van der Waals surface area contributed by atoms with E-state index in [0.29, 0.717) is 18.0 Å². The SMILES string of the molecule is CC(=O)N[C@H](CCCC1CCCN(C(=O)OC(C)(C)C)C1)c1ccc(F)c(-c2cccc(C)c2)c1. The fourth-order valence-electron chi connectivity index (χ4n) is 4.76. The van der Waals surface area contributed by atoms with Gasteiger partial charge in [0.05, 0.1) is 6.04 Å². The molecule has 1 aliphatic heterocycles. The summed E-state index contributed by atoms with van der Waals surface area (Å²) in [4.78, 5) is 26.2. The largest absolute Gasteiger partial charge is 0.444 e. The maximum absolute atomic E-state index is 14.7. The summed E-state index contributed by atoms with van der Waals surface area (Å²) in [5.41, 5.74) is 2.84. The van der Waals surface area contributed by atoms with Crippen LogP contribution >= 0.6 is 0 Å². The molecule has 0 aromatic heterocycles. The van der Waals surface area contributed by atoms with Crippen LogP contribution in [0.1, 0.15) is 77.0 Å². The minimum atomic E-state index is -0.498. The molecule has 35 heavy (non-hydrogen) atoms. The quantitative estimate of drug-likeness (QED) is 0.472.